The van der Waals surface area contributed by atoms with Crippen LogP contribution < -0.4 is 19.1 Å². The minimum atomic E-state index is -3.94. The molecule has 1 heterocycles. The Morgan fingerprint density at radius 2 is 1.78 bits per heavy atom. The standard InChI is InChI=1S/C27H29ClN2O5S/c1-27(2,3)19-13-14-24-22(17-19)30(36(32,33)20-9-5-4-6-10-20)18-25(35-24)26(31)29-15-16-34-23-12-8-7-11-21(23)28/h4-14,17,25H,15-16,18H2,1-3H3,(H,29,31)/t25-/m1/s1. The van der Waals surface area contributed by atoms with Gasteiger partial charge in [0, 0.05) is 0 Å². The number of rotatable bonds is 7. The second kappa shape index (κ2) is 10.4. The van der Waals surface area contributed by atoms with E-state index in [2.05, 4.69) is 26.1 Å². The summed E-state index contributed by atoms with van der Waals surface area (Å²) in [5.74, 6) is 0.420. The highest BCUT2D eigenvalue weighted by atomic mass is 35.5. The molecule has 7 nitrogen and oxygen atoms in total. The molecule has 3 aromatic carbocycles. The summed E-state index contributed by atoms with van der Waals surface area (Å²) in [5.41, 5.74) is 1.17. The lowest BCUT2D eigenvalue weighted by atomic mass is 9.86. The number of nitrogens with zero attached hydrogens (tertiary/aromatic N) is 1. The van der Waals surface area contributed by atoms with Crippen LogP contribution >= 0.6 is 11.6 Å². The van der Waals surface area contributed by atoms with E-state index in [1.165, 1.54) is 4.31 Å². The number of nitrogens with one attached hydrogen (secondary N) is 1. The number of benzene rings is 3. The van der Waals surface area contributed by atoms with Crippen molar-refractivity contribution < 1.29 is 22.7 Å². The summed E-state index contributed by atoms with van der Waals surface area (Å²) in [4.78, 5) is 13.1. The van der Waals surface area contributed by atoms with Crippen molar-refractivity contribution >= 4 is 33.2 Å². The fraction of sp³-hybridized carbons (Fsp3) is 0.296. The van der Waals surface area contributed by atoms with E-state index in [0.717, 1.165) is 5.56 Å². The molecule has 0 spiro atoms. The van der Waals surface area contributed by atoms with Crippen LogP contribution in [0.15, 0.2) is 77.7 Å². The number of carbonyl (C=O) groups excluding carboxylic acids is 1. The summed E-state index contributed by atoms with van der Waals surface area (Å²) < 4.78 is 40.1. The third-order valence-corrected chi connectivity index (χ3v) is 7.92. The highest BCUT2D eigenvalue weighted by Crippen LogP contribution is 2.40. The number of halogens is 1. The molecule has 9 heteroatoms. The Bertz CT molecular complexity index is 1340. The zero-order chi connectivity index (χ0) is 25.9. The number of amides is 1. The van der Waals surface area contributed by atoms with Crippen molar-refractivity contribution in [2.45, 2.75) is 37.2 Å². The Kier molecular flexibility index (Phi) is 7.47. The predicted molar refractivity (Wildman–Crippen MR) is 140 cm³/mol. The molecule has 190 valence electrons. The monoisotopic (exact) mass is 528 g/mol. The molecule has 0 radical (unpaired) electrons. The molecule has 0 fully saturated rings. The summed E-state index contributed by atoms with van der Waals surface area (Å²) in [6, 6.07) is 20.7. The summed E-state index contributed by atoms with van der Waals surface area (Å²) in [5, 5.41) is 3.25. The largest absolute Gasteiger partial charge is 0.490 e. The lowest BCUT2D eigenvalue weighted by Gasteiger charge is -2.36. The zero-order valence-corrected chi connectivity index (χ0v) is 22.0. The first-order valence-corrected chi connectivity index (χ1v) is 13.4. The highest BCUT2D eigenvalue weighted by Gasteiger charge is 2.38. The molecule has 1 aliphatic rings. The summed E-state index contributed by atoms with van der Waals surface area (Å²) in [7, 11) is -3.94. The van der Waals surface area contributed by atoms with Gasteiger partial charge in [-0.05, 0) is 47.4 Å². The summed E-state index contributed by atoms with van der Waals surface area (Å²) in [6.07, 6.45) is -1.03. The van der Waals surface area contributed by atoms with Gasteiger partial charge < -0.3 is 14.8 Å². The zero-order valence-electron chi connectivity index (χ0n) is 20.4. The Hall–Kier alpha value is -3.23. The molecule has 1 atom stereocenters. The second-order valence-electron chi connectivity index (χ2n) is 9.46. The maximum Gasteiger partial charge on any atom is 0.264 e. The lowest BCUT2D eigenvalue weighted by molar-refractivity contribution is -0.127. The van der Waals surface area contributed by atoms with Crippen LogP contribution in [0.3, 0.4) is 0 Å². The van der Waals surface area contributed by atoms with E-state index in [1.807, 2.05) is 12.1 Å². The van der Waals surface area contributed by atoms with Gasteiger partial charge in [0.25, 0.3) is 15.9 Å². The van der Waals surface area contributed by atoms with Gasteiger partial charge in [-0.1, -0.05) is 68.8 Å². The van der Waals surface area contributed by atoms with Crippen LogP contribution in [0.5, 0.6) is 11.5 Å². The van der Waals surface area contributed by atoms with Crippen LogP contribution in [-0.2, 0) is 20.2 Å². The number of carbonyl (C=O) groups is 1. The number of hydrogen-bond donors (Lipinski definition) is 1. The first-order chi connectivity index (χ1) is 17.1. The predicted octanol–water partition coefficient (Wildman–Crippen LogP) is 4.79. The molecule has 36 heavy (non-hydrogen) atoms. The number of ether oxygens (including phenoxy) is 2. The average molecular weight is 529 g/mol. The van der Waals surface area contributed by atoms with Gasteiger partial charge >= 0.3 is 0 Å². The van der Waals surface area contributed by atoms with E-state index in [-0.39, 0.29) is 30.0 Å². The van der Waals surface area contributed by atoms with Crippen molar-refractivity contribution in [3.8, 4) is 11.5 Å². The quantitative estimate of drug-likeness (QED) is 0.446. The first-order valence-electron chi connectivity index (χ1n) is 11.6. The minimum Gasteiger partial charge on any atom is -0.490 e. The first kappa shape index (κ1) is 25.9. The van der Waals surface area contributed by atoms with Crippen molar-refractivity contribution in [2.75, 3.05) is 24.0 Å². The number of fused-ring (bicyclic) bond motifs is 1. The molecule has 0 bridgehead atoms. The third kappa shape index (κ3) is 5.60. The van der Waals surface area contributed by atoms with Crippen LogP contribution in [0.1, 0.15) is 26.3 Å². The van der Waals surface area contributed by atoms with E-state index >= 15 is 0 Å². The van der Waals surface area contributed by atoms with Crippen LogP contribution in [0.2, 0.25) is 5.02 Å². The molecular formula is C27H29ClN2O5S. The van der Waals surface area contributed by atoms with Gasteiger partial charge in [-0.3, -0.25) is 9.10 Å². The maximum atomic E-state index is 13.6. The van der Waals surface area contributed by atoms with E-state index in [0.29, 0.717) is 22.2 Å². The van der Waals surface area contributed by atoms with Crippen molar-refractivity contribution in [1.29, 1.82) is 0 Å². The minimum absolute atomic E-state index is 0.145. The van der Waals surface area contributed by atoms with Crippen molar-refractivity contribution in [2.24, 2.45) is 0 Å². The van der Waals surface area contributed by atoms with Crippen LogP contribution in [-0.4, -0.2) is 40.1 Å². The van der Waals surface area contributed by atoms with Crippen molar-refractivity contribution in [1.82, 2.24) is 5.32 Å². The maximum absolute atomic E-state index is 13.6. The molecule has 1 amide bonds. The van der Waals surface area contributed by atoms with Gasteiger partial charge in [-0.25, -0.2) is 8.42 Å². The average Bonchev–Trinajstić information content (AvgIpc) is 2.86. The van der Waals surface area contributed by atoms with Crippen LogP contribution in [0.4, 0.5) is 5.69 Å². The van der Waals surface area contributed by atoms with Crippen LogP contribution in [0, 0.1) is 0 Å². The molecule has 4 rings (SSSR count). The smallest absolute Gasteiger partial charge is 0.264 e. The molecular weight excluding hydrogens is 500 g/mol. The van der Waals surface area contributed by atoms with Gasteiger partial charge in [-0.15, -0.1) is 0 Å². The molecule has 0 saturated heterocycles. The fourth-order valence-electron chi connectivity index (χ4n) is 3.81. The number of sulfonamides is 1. The van der Waals surface area contributed by atoms with Gasteiger partial charge in [0.15, 0.2) is 6.10 Å². The van der Waals surface area contributed by atoms with Gasteiger partial charge in [0.1, 0.15) is 18.1 Å². The Morgan fingerprint density at radius 1 is 1.08 bits per heavy atom. The molecule has 1 aliphatic heterocycles. The number of hydrogen-bond acceptors (Lipinski definition) is 5. The van der Waals surface area contributed by atoms with E-state index in [4.69, 9.17) is 21.1 Å². The highest BCUT2D eigenvalue weighted by molar-refractivity contribution is 7.92. The Labute approximate surface area is 217 Å². The SMILES string of the molecule is CC(C)(C)c1ccc2c(c1)N(S(=O)(=O)c1ccccc1)C[C@H](C(=O)NCCOc1ccccc1Cl)O2. The Morgan fingerprint density at radius 3 is 2.47 bits per heavy atom. The number of para-hydroxylation sites is 1. The topological polar surface area (TPSA) is 84.9 Å². The van der Waals surface area contributed by atoms with E-state index < -0.39 is 22.0 Å². The second-order valence-corrected chi connectivity index (χ2v) is 11.7. The van der Waals surface area contributed by atoms with E-state index in [9.17, 15) is 13.2 Å². The number of anilines is 1. The van der Waals surface area contributed by atoms with Crippen molar-refractivity contribution in [3.63, 3.8) is 0 Å². The molecule has 1 N–H and O–H groups in total. The molecule has 0 aromatic heterocycles. The van der Waals surface area contributed by atoms with Gasteiger partial charge in [0.2, 0.25) is 0 Å². The third-order valence-electron chi connectivity index (χ3n) is 5.81. The summed E-state index contributed by atoms with van der Waals surface area (Å²) in [6.45, 7) is 6.39. The van der Waals surface area contributed by atoms with Gasteiger partial charge in [-0.2, -0.15) is 0 Å². The molecule has 0 unspecified atom stereocenters. The molecule has 0 aliphatic carbocycles. The van der Waals surface area contributed by atoms with E-state index in [1.54, 1.807) is 60.7 Å². The van der Waals surface area contributed by atoms with Gasteiger partial charge in [0.05, 0.1) is 28.7 Å². The fourth-order valence-corrected chi connectivity index (χ4v) is 5.49. The van der Waals surface area contributed by atoms with Crippen molar-refractivity contribution in [3.05, 3.63) is 83.4 Å². The molecule has 0 saturated carbocycles. The Balaban J connectivity index is 1.55. The summed E-state index contributed by atoms with van der Waals surface area (Å²) >= 11 is 6.09. The lowest BCUT2D eigenvalue weighted by Crippen LogP contribution is -2.51. The normalized spacial score (nSPS) is 15.6. The molecule has 3 aromatic rings. The van der Waals surface area contributed by atoms with Crippen LogP contribution in [0.25, 0.3) is 0 Å².